The van der Waals surface area contributed by atoms with Crippen LogP contribution in [0.3, 0.4) is 0 Å². The van der Waals surface area contributed by atoms with Crippen molar-refractivity contribution in [3.05, 3.63) is 52.7 Å². The SMILES string of the molecule is CN1CCN(c2ccccc2CCn2cc[nH]c2=O)CC1. The highest BCUT2D eigenvalue weighted by Crippen LogP contribution is 2.22. The summed E-state index contributed by atoms with van der Waals surface area (Å²) in [6, 6.07) is 8.54. The predicted molar refractivity (Wildman–Crippen MR) is 84.9 cm³/mol. The number of anilines is 1. The van der Waals surface area contributed by atoms with Gasteiger partial charge in [0, 0.05) is 50.8 Å². The van der Waals surface area contributed by atoms with Gasteiger partial charge in [0.15, 0.2) is 0 Å². The van der Waals surface area contributed by atoms with Gasteiger partial charge in [0.2, 0.25) is 0 Å². The van der Waals surface area contributed by atoms with E-state index in [-0.39, 0.29) is 5.69 Å². The summed E-state index contributed by atoms with van der Waals surface area (Å²) in [5.41, 5.74) is 2.59. The van der Waals surface area contributed by atoms with Gasteiger partial charge in [-0.15, -0.1) is 0 Å². The highest BCUT2D eigenvalue weighted by molar-refractivity contribution is 5.54. The number of piperazine rings is 1. The lowest BCUT2D eigenvalue weighted by Gasteiger charge is -2.35. The lowest BCUT2D eigenvalue weighted by molar-refractivity contribution is 0.312. The number of H-pyrrole nitrogens is 1. The standard InChI is InChI=1S/C16H22N4O/c1-18-10-12-19(13-11-18)15-5-3-2-4-14(15)6-8-20-9-7-17-16(20)21/h2-5,7,9H,6,8,10-13H2,1H3,(H,17,21). The maximum atomic E-state index is 11.6. The Kier molecular flexibility index (Phi) is 4.10. The summed E-state index contributed by atoms with van der Waals surface area (Å²) in [6.45, 7) is 5.06. The lowest BCUT2D eigenvalue weighted by Crippen LogP contribution is -2.44. The molecule has 0 radical (unpaired) electrons. The molecule has 0 spiro atoms. The monoisotopic (exact) mass is 286 g/mol. The van der Waals surface area contributed by atoms with Gasteiger partial charge in [-0.3, -0.25) is 4.57 Å². The minimum atomic E-state index is -0.0351. The number of imidazole rings is 1. The van der Waals surface area contributed by atoms with Gasteiger partial charge < -0.3 is 14.8 Å². The van der Waals surface area contributed by atoms with E-state index in [9.17, 15) is 4.79 Å². The van der Waals surface area contributed by atoms with E-state index in [1.165, 1.54) is 11.3 Å². The van der Waals surface area contributed by atoms with Gasteiger partial charge in [-0.05, 0) is 25.1 Å². The van der Waals surface area contributed by atoms with Crippen molar-refractivity contribution in [2.45, 2.75) is 13.0 Å². The predicted octanol–water partition coefficient (Wildman–Crippen LogP) is 1.17. The number of nitrogens with one attached hydrogen (secondary N) is 1. The molecule has 1 aliphatic rings. The first-order valence-electron chi connectivity index (χ1n) is 7.49. The molecule has 0 unspecified atom stereocenters. The van der Waals surface area contributed by atoms with Crippen molar-refractivity contribution in [2.24, 2.45) is 0 Å². The van der Waals surface area contributed by atoms with E-state index in [0.29, 0.717) is 6.54 Å². The topological polar surface area (TPSA) is 44.3 Å². The number of nitrogens with zero attached hydrogens (tertiary/aromatic N) is 3. The van der Waals surface area contributed by atoms with Gasteiger partial charge in [-0.2, -0.15) is 0 Å². The highest BCUT2D eigenvalue weighted by atomic mass is 16.1. The van der Waals surface area contributed by atoms with Gasteiger partial charge in [0.05, 0.1) is 0 Å². The van der Waals surface area contributed by atoms with Crippen molar-refractivity contribution < 1.29 is 0 Å². The third-order valence-electron chi connectivity index (χ3n) is 4.18. The number of hydrogen-bond donors (Lipinski definition) is 1. The van der Waals surface area contributed by atoms with E-state index in [2.05, 4.69) is 46.1 Å². The Labute approximate surface area is 124 Å². The molecular weight excluding hydrogens is 264 g/mol. The molecular formula is C16H22N4O. The summed E-state index contributed by atoms with van der Waals surface area (Å²) < 4.78 is 1.72. The van der Waals surface area contributed by atoms with Crippen LogP contribution in [0.2, 0.25) is 0 Å². The second-order valence-electron chi connectivity index (χ2n) is 5.63. The van der Waals surface area contributed by atoms with E-state index >= 15 is 0 Å². The fourth-order valence-corrected chi connectivity index (χ4v) is 2.84. The van der Waals surface area contributed by atoms with Gasteiger partial charge in [0.25, 0.3) is 0 Å². The number of para-hydroxylation sites is 1. The second-order valence-corrected chi connectivity index (χ2v) is 5.63. The summed E-state index contributed by atoms with van der Waals surface area (Å²) in [5.74, 6) is 0. The van der Waals surface area contributed by atoms with E-state index in [0.717, 1.165) is 32.6 Å². The van der Waals surface area contributed by atoms with Crippen LogP contribution in [0.25, 0.3) is 0 Å². The van der Waals surface area contributed by atoms with Crippen LogP contribution in [0.15, 0.2) is 41.5 Å². The number of aromatic nitrogens is 2. The molecule has 5 nitrogen and oxygen atoms in total. The van der Waals surface area contributed by atoms with E-state index < -0.39 is 0 Å². The molecule has 0 saturated carbocycles. The Balaban J connectivity index is 1.73. The van der Waals surface area contributed by atoms with Crippen molar-refractivity contribution >= 4 is 5.69 Å². The van der Waals surface area contributed by atoms with Gasteiger partial charge in [-0.1, -0.05) is 18.2 Å². The maximum absolute atomic E-state index is 11.6. The second kappa shape index (κ2) is 6.18. The molecule has 1 fully saturated rings. The quantitative estimate of drug-likeness (QED) is 0.917. The van der Waals surface area contributed by atoms with Gasteiger partial charge >= 0.3 is 5.69 Å². The van der Waals surface area contributed by atoms with Gasteiger partial charge in [-0.25, -0.2) is 4.79 Å². The number of rotatable bonds is 4. The van der Waals surface area contributed by atoms with E-state index in [1.54, 1.807) is 17.0 Å². The van der Waals surface area contributed by atoms with Crippen LogP contribution >= 0.6 is 0 Å². The molecule has 2 aromatic rings. The Morgan fingerprint density at radius 2 is 1.90 bits per heavy atom. The molecule has 1 aromatic heterocycles. The molecule has 112 valence electrons. The van der Waals surface area contributed by atoms with Crippen LogP contribution in [0, 0.1) is 0 Å². The first kappa shape index (κ1) is 13.9. The summed E-state index contributed by atoms with van der Waals surface area (Å²) in [4.78, 5) is 19.0. The fraction of sp³-hybridized carbons (Fsp3) is 0.438. The first-order chi connectivity index (χ1) is 10.2. The van der Waals surface area contributed by atoms with E-state index in [1.807, 2.05) is 0 Å². The number of likely N-dealkylation sites (N-methyl/N-ethyl adjacent to an activating group) is 1. The Morgan fingerprint density at radius 3 is 2.62 bits per heavy atom. The minimum absolute atomic E-state index is 0.0351. The zero-order valence-electron chi connectivity index (χ0n) is 12.5. The number of aromatic amines is 1. The maximum Gasteiger partial charge on any atom is 0.325 e. The minimum Gasteiger partial charge on any atom is -0.369 e. The molecule has 0 atom stereocenters. The molecule has 1 N–H and O–H groups in total. The van der Waals surface area contributed by atoms with Crippen LogP contribution < -0.4 is 10.6 Å². The summed E-state index contributed by atoms with van der Waals surface area (Å²) in [6.07, 6.45) is 4.37. The highest BCUT2D eigenvalue weighted by Gasteiger charge is 2.16. The van der Waals surface area contributed by atoms with Crippen molar-refractivity contribution in [2.75, 3.05) is 38.1 Å². The smallest absolute Gasteiger partial charge is 0.325 e. The molecule has 2 heterocycles. The molecule has 3 rings (SSSR count). The number of aryl methyl sites for hydroxylation is 2. The molecule has 0 aliphatic carbocycles. The van der Waals surface area contributed by atoms with Crippen molar-refractivity contribution in [3.8, 4) is 0 Å². The Hall–Kier alpha value is -2.01. The number of benzene rings is 1. The third-order valence-corrected chi connectivity index (χ3v) is 4.18. The summed E-state index contributed by atoms with van der Waals surface area (Å²) >= 11 is 0. The van der Waals surface area contributed by atoms with Crippen LogP contribution in [-0.2, 0) is 13.0 Å². The number of hydrogen-bond acceptors (Lipinski definition) is 3. The van der Waals surface area contributed by atoms with E-state index in [4.69, 9.17) is 0 Å². The molecule has 0 bridgehead atoms. The lowest BCUT2D eigenvalue weighted by atomic mass is 10.1. The molecule has 1 aromatic carbocycles. The third kappa shape index (κ3) is 3.19. The summed E-state index contributed by atoms with van der Waals surface area (Å²) in [7, 11) is 2.17. The average Bonchev–Trinajstić information content (AvgIpc) is 2.92. The molecule has 1 saturated heterocycles. The molecule has 1 aliphatic heterocycles. The largest absolute Gasteiger partial charge is 0.369 e. The Bertz CT molecular complexity index is 637. The fourth-order valence-electron chi connectivity index (χ4n) is 2.84. The van der Waals surface area contributed by atoms with Crippen LogP contribution in [0.1, 0.15) is 5.56 Å². The average molecular weight is 286 g/mol. The van der Waals surface area contributed by atoms with Crippen LogP contribution in [-0.4, -0.2) is 47.7 Å². The first-order valence-corrected chi connectivity index (χ1v) is 7.49. The van der Waals surface area contributed by atoms with Crippen molar-refractivity contribution in [1.82, 2.24) is 14.5 Å². The molecule has 21 heavy (non-hydrogen) atoms. The van der Waals surface area contributed by atoms with Crippen molar-refractivity contribution in [3.63, 3.8) is 0 Å². The normalized spacial score (nSPS) is 16.3. The van der Waals surface area contributed by atoms with Gasteiger partial charge in [0.1, 0.15) is 0 Å². The zero-order chi connectivity index (χ0) is 14.7. The van der Waals surface area contributed by atoms with Crippen molar-refractivity contribution in [1.29, 1.82) is 0 Å². The van der Waals surface area contributed by atoms with Crippen LogP contribution in [0.4, 0.5) is 5.69 Å². The zero-order valence-corrected chi connectivity index (χ0v) is 12.5. The summed E-state index contributed by atoms with van der Waals surface area (Å²) in [5, 5.41) is 0. The Morgan fingerprint density at radius 1 is 1.14 bits per heavy atom. The van der Waals surface area contributed by atoms with Crippen LogP contribution in [0.5, 0.6) is 0 Å². The molecule has 0 amide bonds. The molecule has 5 heteroatoms.